The van der Waals surface area contributed by atoms with E-state index < -0.39 is 0 Å². The second-order valence-electron chi connectivity index (χ2n) is 5.76. The standard InChI is InChI=1S/C16H21N3O2/c20-15(12-5-6-12)18-10-9-17-14-8-7-11-3-1-2-4-13(11)19-16(14)21/h1-4,12,14,17H,5-10H2,(H,18,20)(H,19,21). The molecule has 1 unspecified atom stereocenters. The Hall–Kier alpha value is -1.88. The van der Waals surface area contributed by atoms with Gasteiger partial charge in [0.25, 0.3) is 0 Å². The van der Waals surface area contributed by atoms with Crippen LogP contribution in [-0.2, 0) is 16.0 Å². The van der Waals surface area contributed by atoms with E-state index in [-0.39, 0.29) is 23.8 Å². The third-order valence-corrected chi connectivity index (χ3v) is 4.06. The smallest absolute Gasteiger partial charge is 0.241 e. The fourth-order valence-corrected chi connectivity index (χ4v) is 2.63. The zero-order chi connectivity index (χ0) is 14.7. The summed E-state index contributed by atoms with van der Waals surface area (Å²) < 4.78 is 0. The first kappa shape index (κ1) is 14.1. The van der Waals surface area contributed by atoms with E-state index in [1.807, 2.05) is 24.3 Å². The zero-order valence-corrected chi connectivity index (χ0v) is 12.0. The van der Waals surface area contributed by atoms with E-state index in [1.54, 1.807) is 0 Å². The van der Waals surface area contributed by atoms with Crippen LogP contribution >= 0.6 is 0 Å². The van der Waals surface area contributed by atoms with Crippen LogP contribution in [0, 0.1) is 5.92 Å². The normalized spacial score (nSPS) is 21.1. The molecule has 112 valence electrons. The molecule has 1 aliphatic heterocycles. The van der Waals surface area contributed by atoms with Crippen molar-refractivity contribution < 1.29 is 9.59 Å². The van der Waals surface area contributed by atoms with Crippen molar-refractivity contribution in [3.8, 4) is 0 Å². The number of carbonyl (C=O) groups is 2. The Bertz CT molecular complexity index is 540. The van der Waals surface area contributed by atoms with Crippen molar-refractivity contribution in [2.45, 2.75) is 31.7 Å². The summed E-state index contributed by atoms with van der Waals surface area (Å²) in [6, 6.07) is 7.71. The van der Waals surface area contributed by atoms with Crippen LogP contribution in [-0.4, -0.2) is 30.9 Å². The Balaban J connectivity index is 1.46. The van der Waals surface area contributed by atoms with Crippen LogP contribution in [0.3, 0.4) is 0 Å². The van der Waals surface area contributed by atoms with Gasteiger partial charge in [-0.2, -0.15) is 0 Å². The maximum absolute atomic E-state index is 12.2. The SMILES string of the molecule is O=C(NCCNC1CCc2ccccc2NC1=O)C1CC1. The predicted octanol–water partition coefficient (Wildman–Crippen LogP) is 1.06. The van der Waals surface area contributed by atoms with E-state index in [1.165, 1.54) is 5.56 Å². The third kappa shape index (κ3) is 3.61. The molecular formula is C16H21N3O2. The first-order chi connectivity index (χ1) is 10.2. The molecule has 2 amide bonds. The molecule has 1 heterocycles. The lowest BCUT2D eigenvalue weighted by molar-refractivity contribution is -0.122. The molecule has 0 saturated heterocycles. The van der Waals surface area contributed by atoms with Gasteiger partial charge in [-0.25, -0.2) is 0 Å². The Morgan fingerprint density at radius 2 is 2.00 bits per heavy atom. The molecule has 5 heteroatoms. The van der Waals surface area contributed by atoms with Gasteiger partial charge in [-0.15, -0.1) is 0 Å². The van der Waals surface area contributed by atoms with Crippen LogP contribution < -0.4 is 16.0 Å². The van der Waals surface area contributed by atoms with Crippen molar-refractivity contribution in [3.63, 3.8) is 0 Å². The molecule has 1 aromatic carbocycles. The Labute approximate surface area is 124 Å². The molecule has 3 N–H and O–H groups in total. The van der Waals surface area contributed by atoms with Gasteiger partial charge in [-0.05, 0) is 37.3 Å². The van der Waals surface area contributed by atoms with Crippen molar-refractivity contribution in [2.24, 2.45) is 5.92 Å². The summed E-state index contributed by atoms with van der Waals surface area (Å²) >= 11 is 0. The average Bonchev–Trinajstić information content (AvgIpc) is 3.32. The van der Waals surface area contributed by atoms with Gasteiger partial charge in [0.2, 0.25) is 11.8 Å². The number of nitrogens with one attached hydrogen (secondary N) is 3. The Morgan fingerprint density at radius 3 is 2.81 bits per heavy atom. The van der Waals surface area contributed by atoms with Crippen LogP contribution in [0.15, 0.2) is 24.3 Å². The molecule has 0 radical (unpaired) electrons. The number of anilines is 1. The van der Waals surface area contributed by atoms with Crippen LogP contribution in [0.4, 0.5) is 5.69 Å². The van der Waals surface area contributed by atoms with Gasteiger partial charge in [-0.3, -0.25) is 9.59 Å². The summed E-state index contributed by atoms with van der Waals surface area (Å²) in [5.74, 6) is 0.392. The number of hydrogen-bond acceptors (Lipinski definition) is 3. The first-order valence-corrected chi connectivity index (χ1v) is 7.64. The maximum atomic E-state index is 12.2. The van der Waals surface area contributed by atoms with Gasteiger partial charge in [0.05, 0.1) is 6.04 Å². The summed E-state index contributed by atoms with van der Waals surface area (Å²) in [4.78, 5) is 23.7. The molecule has 21 heavy (non-hydrogen) atoms. The molecule has 1 saturated carbocycles. The van der Waals surface area contributed by atoms with Crippen LogP contribution in [0.2, 0.25) is 0 Å². The molecule has 0 aromatic heterocycles. The molecule has 1 atom stereocenters. The fourth-order valence-electron chi connectivity index (χ4n) is 2.63. The topological polar surface area (TPSA) is 70.2 Å². The van der Waals surface area contributed by atoms with Gasteiger partial charge >= 0.3 is 0 Å². The van der Waals surface area contributed by atoms with Gasteiger partial charge in [0.15, 0.2) is 0 Å². The van der Waals surface area contributed by atoms with Crippen molar-refractivity contribution in [1.29, 1.82) is 0 Å². The predicted molar refractivity (Wildman–Crippen MR) is 80.9 cm³/mol. The molecule has 1 fully saturated rings. The Kier molecular flexibility index (Phi) is 4.20. The van der Waals surface area contributed by atoms with Gasteiger partial charge < -0.3 is 16.0 Å². The fraction of sp³-hybridized carbons (Fsp3) is 0.500. The van der Waals surface area contributed by atoms with Crippen molar-refractivity contribution in [1.82, 2.24) is 10.6 Å². The highest BCUT2D eigenvalue weighted by Crippen LogP contribution is 2.28. The molecule has 0 bridgehead atoms. The maximum Gasteiger partial charge on any atom is 0.241 e. The van der Waals surface area contributed by atoms with E-state index in [0.29, 0.717) is 13.1 Å². The molecule has 2 aliphatic rings. The number of benzene rings is 1. The summed E-state index contributed by atoms with van der Waals surface area (Å²) in [5, 5.41) is 9.09. The minimum atomic E-state index is -0.199. The van der Waals surface area contributed by atoms with Crippen molar-refractivity contribution in [2.75, 3.05) is 18.4 Å². The van der Waals surface area contributed by atoms with E-state index in [2.05, 4.69) is 16.0 Å². The van der Waals surface area contributed by atoms with Gasteiger partial charge in [-0.1, -0.05) is 18.2 Å². The highest BCUT2D eigenvalue weighted by molar-refractivity contribution is 5.96. The second-order valence-corrected chi connectivity index (χ2v) is 5.76. The highest BCUT2D eigenvalue weighted by Gasteiger charge is 2.29. The van der Waals surface area contributed by atoms with E-state index in [4.69, 9.17) is 0 Å². The Morgan fingerprint density at radius 1 is 1.19 bits per heavy atom. The lowest BCUT2D eigenvalue weighted by atomic mass is 10.1. The summed E-state index contributed by atoms with van der Waals surface area (Å²) in [6.45, 7) is 1.19. The second kappa shape index (κ2) is 6.26. The minimum Gasteiger partial charge on any atom is -0.355 e. The summed E-state index contributed by atoms with van der Waals surface area (Å²) in [6.07, 6.45) is 3.69. The molecule has 5 nitrogen and oxygen atoms in total. The highest BCUT2D eigenvalue weighted by atomic mass is 16.2. The quantitative estimate of drug-likeness (QED) is 0.709. The third-order valence-electron chi connectivity index (χ3n) is 4.06. The van der Waals surface area contributed by atoms with E-state index in [0.717, 1.165) is 31.4 Å². The number of rotatable bonds is 5. The van der Waals surface area contributed by atoms with Crippen LogP contribution in [0.25, 0.3) is 0 Å². The number of para-hydroxylation sites is 1. The van der Waals surface area contributed by atoms with E-state index in [9.17, 15) is 9.59 Å². The molecule has 1 aromatic rings. The molecular weight excluding hydrogens is 266 g/mol. The largest absolute Gasteiger partial charge is 0.355 e. The van der Waals surface area contributed by atoms with Gasteiger partial charge in [0, 0.05) is 24.7 Å². The van der Waals surface area contributed by atoms with Crippen LogP contribution in [0.1, 0.15) is 24.8 Å². The monoisotopic (exact) mass is 287 g/mol. The minimum absolute atomic E-state index is 0.00784. The number of fused-ring (bicyclic) bond motifs is 1. The lowest BCUT2D eigenvalue weighted by Crippen LogP contribution is -2.43. The summed E-state index contributed by atoms with van der Waals surface area (Å²) in [7, 11) is 0. The average molecular weight is 287 g/mol. The number of amides is 2. The first-order valence-electron chi connectivity index (χ1n) is 7.64. The summed E-state index contributed by atoms with van der Waals surface area (Å²) in [5.41, 5.74) is 2.09. The zero-order valence-electron chi connectivity index (χ0n) is 12.0. The number of aryl methyl sites for hydroxylation is 1. The van der Waals surface area contributed by atoms with Crippen LogP contribution in [0.5, 0.6) is 0 Å². The van der Waals surface area contributed by atoms with Crippen molar-refractivity contribution in [3.05, 3.63) is 29.8 Å². The lowest BCUT2D eigenvalue weighted by Gasteiger charge is -2.15. The molecule has 3 rings (SSSR count). The number of carbonyl (C=O) groups excluding carboxylic acids is 2. The van der Waals surface area contributed by atoms with Gasteiger partial charge in [0.1, 0.15) is 0 Å². The van der Waals surface area contributed by atoms with E-state index >= 15 is 0 Å². The molecule has 1 aliphatic carbocycles. The molecule has 0 spiro atoms. The van der Waals surface area contributed by atoms with Crippen molar-refractivity contribution >= 4 is 17.5 Å². The number of hydrogen-bond donors (Lipinski definition) is 3.